The number of amidine groups is 2. The van der Waals surface area contributed by atoms with Crippen molar-refractivity contribution in [3.05, 3.63) is 42.5 Å². The van der Waals surface area contributed by atoms with Crippen LogP contribution in [0.15, 0.2) is 46.8 Å². The molecule has 1 aliphatic rings. The number of fused-ring (bicyclic) bond motifs is 3. The number of imidazole rings is 1. The van der Waals surface area contributed by atoms with Crippen LogP contribution in [0.2, 0.25) is 0 Å². The van der Waals surface area contributed by atoms with E-state index in [1.807, 2.05) is 51.4 Å². The molecule has 2 N–H and O–H groups in total. The number of carbonyl (C=O) groups excluding carboxylic acids is 1. The number of aliphatic imine (C=N–C) groups is 2. The number of nitrogens with two attached hydrogens (primary N) is 1. The summed E-state index contributed by atoms with van der Waals surface area (Å²) in [5.41, 5.74) is 9.30. The first-order valence-corrected chi connectivity index (χ1v) is 11.6. The van der Waals surface area contributed by atoms with E-state index in [0.29, 0.717) is 37.1 Å². The van der Waals surface area contributed by atoms with Gasteiger partial charge in [0.15, 0.2) is 5.84 Å². The Balaban J connectivity index is 1.65. The zero-order chi connectivity index (χ0) is 25.1. The molecule has 0 aliphatic carbocycles. The van der Waals surface area contributed by atoms with E-state index in [1.165, 1.54) is 7.11 Å². The van der Waals surface area contributed by atoms with Crippen LogP contribution in [-0.2, 0) is 22.6 Å². The van der Waals surface area contributed by atoms with Gasteiger partial charge in [-0.05, 0) is 38.5 Å². The van der Waals surface area contributed by atoms with E-state index in [4.69, 9.17) is 20.2 Å². The minimum Gasteiger partial charge on any atom is -0.491 e. The highest BCUT2D eigenvalue weighted by molar-refractivity contribution is 6.04. The van der Waals surface area contributed by atoms with Gasteiger partial charge in [-0.3, -0.25) is 14.5 Å². The molecule has 0 saturated heterocycles. The number of ether oxygens (including phenoxy) is 2. The summed E-state index contributed by atoms with van der Waals surface area (Å²) in [7, 11) is 1.39. The highest BCUT2D eigenvalue weighted by Crippen LogP contribution is 2.35. The maximum absolute atomic E-state index is 11.7. The molecule has 3 heterocycles. The third-order valence-electron chi connectivity index (χ3n) is 5.51. The molecular formula is C25H31N7O3. The van der Waals surface area contributed by atoms with Crippen molar-refractivity contribution < 1.29 is 14.3 Å². The van der Waals surface area contributed by atoms with Gasteiger partial charge in [-0.15, -0.1) is 0 Å². The fraction of sp³-hybridized carbons (Fsp3) is 0.400. The van der Waals surface area contributed by atoms with E-state index in [-0.39, 0.29) is 17.9 Å². The molecule has 0 amide bonds. The average Bonchev–Trinajstić information content (AvgIpc) is 3.41. The van der Waals surface area contributed by atoms with Crippen LogP contribution in [-0.4, -0.2) is 56.7 Å². The van der Waals surface area contributed by atoms with Gasteiger partial charge < -0.3 is 19.8 Å². The molecule has 0 spiro atoms. The third-order valence-corrected chi connectivity index (χ3v) is 5.51. The predicted molar refractivity (Wildman–Crippen MR) is 135 cm³/mol. The standard InChI is InChI=1S/C25H31N7O3/c1-15(2)28-23(29-17(4)26)21-14-31-8-9-35-22-10-18(6-7-20(22)24(31)30-21)19-11-27-32(13-19)12-16(3)25(33)34-5/h6-7,10-11,13-16H,8-9,12H2,1-5H3,(H2,26,28,29). The minimum absolute atomic E-state index is 0.0595. The van der Waals surface area contributed by atoms with Crippen LogP contribution < -0.4 is 10.5 Å². The van der Waals surface area contributed by atoms with E-state index < -0.39 is 0 Å². The Morgan fingerprint density at radius 3 is 2.77 bits per heavy atom. The first kappa shape index (κ1) is 24.2. The molecule has 10 heteroatoms. The van der Waals surface area contributed by atoms with Crippen molar-refractivity contribution in [1.29, 1.82) is 0 Å². The quantitative estimate of drug-likeness (QED) is 0.331. The first-order valence-electron chi connectivity index (χ1n) is 11.6. The summed E-state index contributed by atoms with van der Waals surface area (Å²) >= 11 is 0. The summed E-state index contributed by atoms with van der Waals surface area (Å²) in [4.78, 5) is 25.6. The SMILES string of the molecule is COC(=O)C(C)Cn1cc(-c2ccc3c(c2)OCCn2cc(C(N=C(C)N)=NC(C)C)nc2-3)cn1. The lowest BCUT2D eigenvalue weighted by Crippen LogP contribution is -2.18. The maximum atomic E-state index is 11.7. The summed E-state index contributed by atoms with van der Waals surface area (Å²) in [5, 5.41) is 4.40. The van der Waals surface area contributed by atoms with E-state index >= 15 is 0 Å². The zero-order valence-corrected chi connectivity index (χ0v) is 20.7. The zero-order valence-electron chi connectivity index (χ0n) is 20.7. The van der Waals surface area contributed by atoms with Crippen molar-refractivity contribution in [3.8, 4) is 28.3 Å². The van der Waals surface area contributed by atoms with Crippen LogP contribution in [0.1, 0.15) is 33.4 Å². The van der Waals surface area contributed by atoms with E-state index in [9.17, 15) is 4.79 Å². The molecule has 0 radical (unpaired) electrons. The third kappa shape index (κ3) is 5.42. The number of esters is 1. The van der Waals surface area contributed by atoms with Crippen LogP contribution >= 0.6 is 0 Å². The molecule has 1 unspecified atom stereocenters. The Morgan fingerprint density at radius 1 is 1.26 bits per heavy atom. The van der Waals surface area contributed by atoms with Crippen LogP contribution in [0.25, 0.3) is 22.5 Å². The molecule has 10 nitrogen and oxygen atoms in total. The monoisotopic (exact) mass is 477 g/mol. The van der Waals surface area contributed by atoms with E-state index in [1.54, 1.807) is 17.8 Å². The van der Waals surface area contributed by atoms with Gasteiger partial charge in [0.1, 0.15) is 23.9 Å². The second-order valence-electron chi connectivity index (χ2n) is 8.88. The molecule has 0 saturated carbocycles. The topological polar surface area (TPSA) is 122 Å². The van der Waals surface area contributed by atoms with Crippen LogP contribution in [0.4, 0.5) is 0 Å². The fourth-order valence-electron chi connectivity index (χ4n) is 3.90. The summed E-state index contributed by atoms with van der Waals surface area (Å²) in [6.07, 6.45) is 5.64. The van der Waals surface area contributed by atoms with E-state index in [2.05, 4.69) is 19.7 Å². The highest BCUT2D eigenvalue weighted by Gasteiger charge is 2.21. The van der Waals surface area contributed by atoms with Gasteiger partial charge in [-0.1, -0.05) is 13.0 Å². The van der Waals surface area contributed by atoms with Gasteiger partial charge in [0.05, 0.1) is 43.7 Å². The maximum Gasteiger partial charge on any atom is 0.310 e. The highest BCUT2D eigenvalue weighted by atomic mass is 16.5. The second-order valence-corrected chi connectivity index (χ2v) is 8.88. The summed E-state index contributed by atoms with van der Waals surface area (Å²) in [6.45, 7) is 9.13. The van der Waals surface area contributed by atoms with Crippen LogP contribution in [0, 0.1) is 5.92 Å². The van der Waals surface area contributed by atoms with Crippen molar-refractivity contribution in [1.82, 2.24) is 19.3 Å². The molecule has 1 atom stereocenters. The molecule has 184 valence electrons. The van der Waals surface area contributed by atoms with Gasteiger partial charge >= 0.3 is 5.97 Å². The Kier molecular flexibility index (Phi) is 6.99. The summed E-state index contributed by atoms with van der Waals surface area (Å²) in [6, 6.07) is 6.08. The van der Waals surface area contributed by atoms with Crippen LogP contribution in [0.5, 0.6) is 5.75 Å². The number of benzene rings is 1. The molecule has 2 aromatic heterocycles. The van der Waals surface area contributed by atoms with Gasteiger partial charge in [0, 0.05) is 24.0 Å². The minimum atomic E-state index is -0.285. The molecule has 1 aliphatic heterocycles. The number of methoxy groups -OCH3 is 1. The molecule has 35 heavy (non-hydrogen) atoms. The van der Waals surface area contributed by atoms with Gasteiger partial charge in [-0.2, -0.15) is 5.10 Å². The lowest BCUT2D eigenvalue weighted by molar-refractivity contribution is -0.145. The van der Waals surface area contributed by atoms with Crippen molar-refractivity contribution in [2.45, 2.75) is 46.8 Å². The number of aromatic nitrogens is 4. The molecule has 0 fully saturated rings. The molecule has 0 bridgehead atoms. The van der Waals surface area contributed by atoms with Crippen molar-refractivity contribution in [2.75, 3.05) is 13.7 Å². The Morgan fingerprint density at radius 2 is 2.06 bits per heavy atom. The largest absolute Gasteiger partial charge is 0.491 e. The molecular weight excluding hydrogens is 446 g/mol. The van der Waals surface area contributed by atoms with Gasteiger partial charge in [0.2, 0.25) is 0 Å². The smallest absolute Gasteiger partial charge is 0.310 e. The Labute approximate surface area is 204 Å². The summed E-state index contributed by atoms with van der Waals surface area (Å²) in [5.74, 6) is 1.95. The molecule has 3 aromatic rings. The van der Waals surface area contributed by atoms with Crippen molar-refractivity contribution >= 4 is 17.6 Å². The number of nitrogens with zero attached hydrogens (tertiary/aromatic N) is 6. The lowest BCUT2D eigenvalue weighted by atomic mass is 10.1. The Bertz CT molecular complexity index is 1280. The van der Waals surface area contributed by atoms with Crippen molar-refractivity contribution in [2.24, 2.45) is 21.6 Å². The lowest BCUT2D eigenvalue weighted by Gasteiger charge is -2.09. The van der Waals surface area contributed by atoms with E-state index in [0.717, 1.165) is 28.3 Å². The van der Waals surface area contributed by atoms with Gasteiger partial charge in [0.25, 0.3) is 0 Å². The van der Waals surface area contributed by atoms with Crippen LogP contribution in [0.3, 0.4) is 0 Å². The Hall–Kier alpha value is -3.95. The fourth-order valence-corrected chi connectivity index (χ4v) is 3.90. The summed E-state index contributed by atoms with van der Waals surface area (Å²) < 4.78 is 14.7. The number of rotatable bonds is 6. The number of carbonyl (C=O) groups is 1. The van der Waals surface area contributed by atoms with Crippen molar-refractivity contribution in [3.63, 3.8) is 0 Å². The normalized spacial score (nSPS) is 14.7. The number of hydrogen-bond acceptors (Lipinski definition) is 6. The van der Waals surface area contributed by atoms with Gasteiger partial charge in [-0.25, -0.2) is 9.98 Å². The first-order chi connectivity index (χ1) is 16.7. The average molecular weight is 478 g/mol. The second kappa shape index (κ2) is 10.1. The number of hydrogen-bond donors (Lipinski definition) is 1. The predicted octanol–water partition coefficient (Wildman–Crippen LogP) is 3.15. The molecule has 1 aromatic carbocycles. The molecule has 4 rings (SSSR count).